The van der Waals surface area contributed by atoms with Crippen molar-refractivity contribution in [3.05, 3.63) is 28.8 Å². The second-order valence-corrected chi connectivity index (χ2v) is 5.30. The topological polar surface area (TPSA) is 46.3 Å². The molecule has 2 N–H and O–H groups in total. The minimum atomic E-state index is -0.431. The molecule has 0 fully saturated rings. The molecule has 1 heterocycles. The largest absolute Gasteiger partial charge is 0.320 e. The highest BCUT2D eigenvalue weighted by atomic mass is 35.5. The number of nitrogens with zero attached hydrogens (tertiary/aromatic N) is 1. The van der Waals surface area contributed by atoms with Crippen LogP contribution in [-0.2, 0) is 11.2 Å². The summed E-state index contributed by atoms with van der Waals surface area (Å²) in [5.74, 6) is 0.200. The number of benzene rings is 1. The number of rotatable bonds is 3. The van der Waals surface area contributed by atoms with Gasteiger partial charge in [-0.1, -0.05) is 37.9 Å². The molecule has 1 aromatic rings. The van der Waals surface area contributed by atoms with Gasteiger partial charge in [-0.2, -0.15) is 0 Å². The lowest BCUT2D eigenvalue weighted by Gasteiger charge is -2.24. The Morgan fingerprint density at radius 1 is 1.56 bits per heavy atom. The molecule has 1 aliphatic heterocycles. The molecule has 3 nitrogen and oxygen atoms in total. The van der Waals surface area contributed by atoms with E-state index in [0.717, 1.165) is 29.1 Å². The van der Waals surface area contributed by atoms with Crippen LogP contribution < -0.4 is 10.6 Å². The summed E-state index contributed by atoms with van der Waals surface area (Å²) in [6.45, 7) is 4.74. The van der Waals surface area contributed by atoms with E-state index < -0.39 is 6.04 Å². The SMILES string of the molecule is CCC(C)C(N)C(=O)N1CCc2c(Cl)cccc21. The van der Waals surface area contributed by atoms with Gasteiger partial charge in [-0.25, -0.2) is 0 Å². The van der Waals surface area contributed by atoms with Crippen LogP contribution in [0.4, 0.5) is 5.69 Å². The number of hydrogen-bond acceptors (Lipinski definition) is 2. The molecule has 0 radical (unpaired) electrons. The molecule has 0 spiro atoms. The fourth-order valence-corrected chi connectivity index (χ4v) is 2.56. The van der Waals surface area contributed by atoms with Crippen LogP contribution in [0.5, 0.6) is 0 Å². The molecule has 0 bridgehead atoms. The third-order valence-electron chi connectivity index (χ3n) is 3.78. The standard InChI is InChI=1S/C14H19ClN2O/c1-3-9(2)13(16)14(18)17-8-7-10-11(15)5-4-6-12(10)17/h4-6,9,13H,3,7-8,16H2,1-2H3. The van der Waals surface area contributed by atoms with Crippen LogP contribution in [0.2, 0.25) is 5.02 Å². The van der Waals surface area contributed by atoms with Crippen molar-refractivity contribution in [2.24, 2.45) is 11.7 Å². The van der Waals surface area contributed by atoms with Crippen LogP contribution in [0.15, 0.2) is 18.2 Å². The quantitative estimate of drug-likeness (QED) is 0.914. The molecule has 18 heavy (non-hydrogen) atoms. The van der Waals surface area contributed by atoms with Crippen molar-refractivity contribution in [2.45, 2.75) is 32.7 Å². The molecule has 1 amide bonds. The number of carbonyl (C=O) groups excluding carboxylic acids is 1. The van der Waals surface area contributed by atoms with Gasteiger partial charge in [-0.05, 0) is 30.0 Å². The third-order valence-corrected chi connectivity index (χ3v) is 4.13. The predicted octanol–water partition coefficient (Wildman–Crippen LogP) is 2.60. The zero-order valence-electron chi connectivity index (χ0n) is 10.8. The summed E-state index contributed by atoms with van der Waals surface area (Å²) in [5, 5.41) is 0.736. The van der Waals surface area contributed by atoms with Gasteiger partial charge in [0.05, 0.1) is 6.04 Å². The number of halogens is 1. The Bertz CT molecular complexity index is 461. The zero-order valence-corrected chi connectivity index (χ0v) is 11.6. The summed E-state index contributed by atoms with van der Waals surface area (Å²) >= 11 is 6.14. The molecular weight excluding hydrogens is 248 g/mol. The van der Waals surface area contributed by atoms with Crippen LogP contribution in [0.3, 0.4) is 0 Å². The second-order valence-electron chi connectivity index (χ2n) is 4.89. The first-order valence-electron chi connectivity index (χ1n) is 6.40. The minimum Gasteiger partial charge on any atom is -0.320 e. The summed E-state index contributed by atoms with van der Waals surface area (Å²) in [6, 6.07) is 5.25. The van der Waals surface area contributed by atoms with E-state index in [1.165, 1.54) is 0 Å². The lowest BCUT2D eigenvalue weighted by molar-refractivity contribution is -0.120. The Labute approximate surface area is 113 Å². The summed E-state index contributed by atoms with van der Waals surface area (Å²) < 4.78 is 0. The van der Waals surface area contributed by atoms with Gasteiger partial charge in [0.2, 0.25) is 5.91 Å². The van der Waals surface area contributed by atoms with Gasteiger partial charge in [-0.15, -0.1) is 0 Å². The zero-order chi connectivity index (χ0) is 13.3. The van der Waals surface area contributed by atoms with E-state index in [1.807, 2.05) is 32.0 Å². The molecule has 2 rings (SSSR count). The van der Waals surface area contributed by atoms with E-state index in [0.29, 0.717) is 6.54 Å². The maximum atomic E-state index is 12.4. The van der Waals surface area contributed by atoms with Crippen molar-refractivity contribution in [1.82, 2.24) is 0 Å². The van der Waals surface area contributed by atoms with E-state index in [2.05, 4.69) is 0 Å². The molecule has 2 atom stereocenters. The first kappa shape index (κ1) is 13.4. The van der Waals surface area contributed by atoms with Gasteiger partial charge >= 0.3 is 0 Å². The summed E-state index contributed by atoms with van der Waals surface area (Å²) in [5.41, 5.74) is 8.00. The first-order valence-corrected chi connectivity index (χ1v) is 6.78. The third kappa shape index (κ3) is 2.25. The van der Waals surface area contributed by atoms with Crippen LogP contribution in [-0.4, -0.2) is 18.5 Å². The molecule has 0 aliphatic carbocycles. The van der Waals surface area contributed by atoms with E-state index in [9.17, 15) is 4.79 Å². The molecule has 2 unspecified atom stereocenters. The fourth-order valence-electron chi connectivity index (χ4n) is 2.30. The van der Waals surface area contributed by atoms with E-state index >= 15 is 0 Å². The van der Waals surface area contributed by atoms with E-state index in [-0.39, 0.29) is 11.8 Å². The monoisotopic (exact) mass is 266 g/mol. The number of hydrogen-bond donors (Lipinski definition) is 1. The van der Waals surface area contributed by atoms with Gasteiger partial charge in [0.15, 0.2) is 0 Å². The van der Waals surface area contributed by atoms with Gasteiger partial charge in [-0.3, -0.25) is 4.79 Å². The first-order chi connectivity index (χ1) is 8.56. The number of anilines is 1. The Balaban J connectivity index is 2.24. The Morgan fingerprint density at radius 2 is 2.28 bits per heavy atom. The number of amides is 1. The van der Waals surface area contributed by atoms with Gasteiger partial charge < -0.3 is 10.6 Å². The van der Waals surface area contributed by atoms with E-state index in [1.54, 1.807) is 4.90 Å². The van der Waals surface area contributed by atoms with Crippen molar-refractivity contribution in [3.8, 4) is 0 Å². The second kappa shape index (κ2) is 5.29. The van der Waals surface area contributed by atoms with Gasteiger partial charge in [0, 0.05) is 17.3 Å². The summed E-state index contributed by atoms with van der Waals surface area (Å²) in [7, 11) is 0. The maximum Gasteiger partial charge on any atom is 0.244 e. The molecule has 0 saturated heterocycles. The Kier molecular flexibility index (Phi) is 3.93. The van der Waals surface area contributed by atoms with Crippen LogP contribution in [0.1, 0.15) is 25.8 Å². The van der Waals surface area contributed by atoms with Crippen molar-refractivity contribution in [3.63, 3.8) is 0 Å². The lowest BCUT2D eigenvalue weighted by Crippen LogP contribution is -2.46. The highest BCUT2D eigenvalue weighted by molar-refractivity contribution is 6.32. The Morgan fingerprint density at radius 3 is 2.94 bits per heavy atom. The van der Waals surface area contributed by atoms with Crippen molar-refractivity contribution in [2.75, 3.05) is 11.4 Å². The average Bonchev–Trinajstić information content (AvgIpc) is 2.81. The van der Waals surface area contributed by atoms with Crippen molar-refractivity contribution in [1.29, 1.82) is 0 Å². The molecule has 1 aromatic carbocycles. The molecule has 0 saturated carbocycles. The van der Waals surface area contributed by atoms with Crippen LogP contribution in [0.25, 0.3) is 0 Å². The number of carbonyl (C=O) groups is 1. The normalized spacial score (nSPS) is 17.4. The fraction of sp³-hybridized carbons (Fsp3) is 0.500. The van der Waals surface area contributed by atoms with Crippen molar-refractivity contribution >= 4 is 23.2 Å². The highest BCUT2D eigenvalue weighted by Crippen LogP contribution is 2.33. The smallest absolute Gasteiger partial charge is 0.244 e. The molecule has 4 heteroatoms. The molecule has 98 valence electrons. The van der Waals surface area contributed by atoms with E-state index in [4.69, 9.17) is 17.3 Å². The number of fused-ring (bicyclic) bond motifs is 1. The van der Waals surface area contributed by atoms with Gasteiger partial charge in [0.25, 0.3) is 0 Å². The minimum absolute atomic E-state index is 0.00497. The molecular formula is C14H19ClN2O. The average molecular weight is 267 g/mol. The summed E-state index contributed by atoms with van der Waals surface area (Å²) in [4.78, 5) is 14.2. The van der Waals surface area contributed by atoms with Crippen LogP contribution >= 0.6 is 11.6 Å². The Hall–Kier alpha value is -1.06. The van der Waals surface area contributed by atoms with Gasteiger partial charge in [0.1, 0.15) is 0 Å². The highest BCUT2D eigenvalue weighted by Gasteiger charge is 2.31. The number of nitrogens with two attached hydrogens (primary N) is 1. The predicted molar refractivity (Wildman–Crippen MR) is 74.9 cm³/mol. The lowest BCUT2D eigenvalue weighted by atomic mass is 9.99. The van der Waals surface area contributed by atoms with Crippen LogP contribution in [0, 0.1) is 5.92 Å². The van der Waals surface area contributed by atoms with Crippen molar-refractivity contribution < 1.29 is 4.79 Å². The summed E-state index contributed by atoms with van der Waals surface area (Å²) in [6.07, 6.45) is 1.72. The molecule has 0 aromatic heterocycles. The molecule has 1 aliphatic rings. The maximum absolute atomic E-state index is 12.4.